The molecule has 1 aromatic heterocycles. The van der Waals surface area contributed by atoms with E-state index in [0.717, 1.165) is 11.4 Å². The number of imide groups is 1. The predicted octanol–water partition coefficient (Wildman–Crippen LogP) is 1.86. The van der Waals surface area contributed by atoms with Gasteiger partial charge in [0.2, 0.25) is 11.9 Å². The zero-order valence-corrected chi connectivity index (χ0v) is 15.6. The number of rotatable bonds is 2. The standard InChI is InChI=1S/C19H22N5O2/c1-11-8-6-7-9-14(11)10-23-12(2)13(3)24-15-16(20-18(23)24)21(4)19(26)22(5)17(15)25/h6-9,15H,10H2,1-5H3/q+1. The summed E-state index contributed by atoms with van der Waals surface area (Å²) in [7, 11) is 3.18. The van der Waals surface area contributed by atoms with E-state index in [9.17, 15) is 9.59 Å². The Balaban J connectivity index is 1.87. The van der Waals surface area contributed by atoms with Crippen LogP contribution in [-0.2, 0) is 11.3 Å². The third kappa shape index (κ3) is 2.06. The Hall–Kier alpha value is -2.96. The number of aromatic nitrogens is 2. The van der Waals surface area contributed by atoms with Gasteiger partial charge in [-0.2, -0.15) is 0 Å². The number of likely N-dealkylation sites (N-methyl/N-ethyl adjacent to an activating group) is 2. The van der Waals surface area contributed by atoms with Crippen LogP contribution in [-0.4, -0.2) is 46.2 Å². The van der Waals surface area contributed by atoms with Crippen molar-refractivity contribution in [3.05, 3.63) is 46.8 Å². The molecule has 0 aliphatic carbocycles. The van der Waals surface area contributed by atoms with Crippen molar-refractivity contribution < 1.29 is 14.2 Å². The van der Waals surface area contributed by atoms with E-state index in [0.29, 0.717) is 18.3 Å². The Morgan fingerprint density at radius 3 is 2.46 bits per heavy atom. The maximum Gasteiger partial charge on any atom is 0.402 e. The van der Waals surface area contributed by atoms with Crippen molar-refractivity contribution in [1.29, 1.82) is 0 Å². The van der Waals surface area contributed by atoms with Crippen LogP contribution in [0, 0.1) is 20.8 Å². The second-order valence-electron chi connectivity index (χ2n) is 6.96. The normalized spacial score (nSPS) is 19.0. The minimum Gasteiger partial charge on any atom is -0.270 e. The molecule has 3 amide bonds. The van der Waals surface area contributed by atoms with E-state index in [1.165, 1.54) is 28.0 Å². The molecule has 2 aliphatic rings. The first-order chi connectivity index (χ1) is 12.3. The molecular weight excluding hydrogens is 330 g/mol. The molecule has 2 aromatic rings. The lowest BCUT2D eigenvalue weighted by molar-refractivity contribution is -0.680. The molecule has 7 heteroatoms. The van der Waals surface area contributed by atoms with Gasteiger partial charge in [0.1, 0.15) is 11.4 Å². The zero-order valence-electron chi connectivity index (χ0n) is 15.6. The molecule has 1 aromatic carbocycles. The summed E-state index contributed by atoms with van der Waals surface area (Å²) in [5.41, 5.74) is 4.48. The van der Waals surface area contributed by atoms with Crippen molar-refractivity contribution in [1.82, 2.24) is 14.4 Å². The molecule has 1 unspecified atom stereocenters. The third-order valence-corrected chi connectivity index (χ3v) is 5.54. The summed E-state index contributed by atoms with van der Waals surface area (Å²) in [6, 6.07) is 7.31. The topological polar surface area (TPSA) is 61.8 Å². The zero-order chi connectivity index (χ0) is 18.7. The first kappa shape index (κ1) is 16.5. The van der Waals surface area contributed by atoms with E-state index in [2.05, 4.69) is 23.6 Å². The first-order valence-electron chi connectivity index (χ1n) is 8.62. The molecule has 26 heavy (non-hydrogen) atoms. The summed E-state index contributed by atoms with van der Waals surface area (Å²) in [5.74, 6) is 0.966. The number of amides is 3. The lowest BCUT2D eigenvalue weighted by atomic mass is 10.1. The highest BCUT2D eigenvalue weighted by atomic mass is 16.2. The summed E-state index contributed by atoms with van der Waals surface area (Å²) in [4.78, 5) is 32.4. The molecule has 0 radical (unpaired) electrons. The van der Waals surface area contributed by atoms with Gasteiger partial charge in [-0.05, 0) is 31.9 Å². The van der Waals surface area contributed by atoms with E-state index in [1.54, 1.807) is 7.05 Å². The fourth-order valence-corrected chi connectivity index (χ4v) is 3.73. The number of hydrogen-bond donors (Lipinski definition) is 0. The highest BCUT2D eigenvalue weighted by Crippen LogP contribution is 2.34. The number of nitrogens with zero attached hydrogens (tertiary/aromatic N) is 5. The van der Waals surface area contributed by atoms with Gasteiger partial charge < -0.3 is 0 Å². The van der Waals surface area contributed by atoms with Gasteiger partial charge >= 0.3 is 12.0 Å². The number of amidine groups is 1. The average Bonchev–Trinajstić information content (AvgIpc) is 3.12. The lowest BCUT2D eigenvalue weighted by Gasteiger charge is -2.30. The van der Waals surface area contributed by atoms with E-state index >= 15 is 0 Å². The molecule has 1 fully saturated rings. The Labute approximate surface area is 152 Å². The van der Waals surface area contributed by atoms with Crippen LogP contribution in [0.25, 0.3) is 0 Å². The fraction of sp³-hybridized carbons (Fsp3) is 0.368. The highest BCUT2D eigenvalue weighted by Gasteiger charge is 2.53. The monoisotopic (exact) mass is 352 g/mol. The quantitative estimate of drug-likeness (QED) is 0.775. The van der Waals surface area contributed by atoms with Gasteiger partial charge in [-0.3, -0.25) is 14.6 Å². The SMILES string of the molecule is Cc1ccccc1C[n+]1c(C)c(C)n2c1N=C1C2C(=O)N(C)C(=O)N1C. The van der Waals surface area contributed by atoms with Gasteiger partial charge in [0.15, 0.2) is 0 Å². The van der Waals surface area contributed by atoms with Gasteiger partial charge in [0.25, 0.3) is 5.91 Å². The predicted molar refractivity (Wildman–Crippen MR) is 96.4 cm³/mol. The Bertz CT molecular complexity index is 988. The third-order valence-electron chi connectivity index (χ3n) is 5.54. The Morgan fingerprint density at radius 1 is 1.08 bits per heavy atom. The van der Waals surface area contributed by atoms with Crippen molar-refractivity contribution in [3.63, 3.8) is 0 Å². The van der Waals surface area contributed by atoms with Crippen LogP contribution in [0.3, 0.4) is 0 Å². The molecule has 7 nitrogen and oxygen atoms in total. The van der Waals surface area contributed by atoms with E-state index < -0.39 is 6.04 Å². The molecule has 0 spiro atoms. The largest absolute Gasteiger partial charge is 0.402 e. The molecule has 134 valence electrons. The molecule has 1 saturated heterocycles. The van der Waals surface area contributed by atoms with Crippen LogP contribution in [0.5, 0.6) is 0 Å². The molecule has 3 heterocycles. The van der Waals surface area contributed by atoms with Crippen molar-refractivity contribution in [2.45, 2.75) is 33.4 Å². The Morgan fingerprint density at radius 2 is 1.77 bits per heavy atom. The molecule has 0 bridgehead atoms. The van der Waals surface area contributed by atoms with Gasteiger partial charge in [-0.15, -0.1) is 0 Å². The molecule has 1 atom stereocenters. The molecular formula is C19H22N5O2+. The van der Waals surface area contributed by atoms with Crippen molar-refractivity contribution in [3.8, 4) is 0 Å². The number of urea groups is 1. The number of aliphatic imine (C=N–C) groups is 1. The van der Waals surface area contributed by atoms with Crippen molar-refractivity contribution >= 4 is 23.7 Å². The van der Waals surface area contributed by atoms with Crippen LogP contribution >= 0.6 is 0 Å². The number of carbonyl (C=O) groups excluding carboxylic acids is 2. The van der Waals surface area contributed by atoms with Crippen LogP contribution < -0.4 is 4.57 Å². The minimum absolute atomic E-state index is 0.244. The fourth-order valence-electron chi connectivity index (χ4n) is 3.73. The molecule has 0 N–H and O–H groups in total. The van der Waals surface area contributed by atoms with Gasteiger partial charge in [-0.1, -0.05) is 29.3 Å². The lowest BCUT2D eigenvalue weighted by Crippen LogP contribution is -2.56. The maximum atomic E-state index is 12.8. The minimum atomic E-state index is -0.575. The summed E-state index contributed by atoms with van der Waals surface area (Å²) in [6.07, 6.45) is 0. The van der Waals surface area contributed by atoms with Crippen molar-refractivity contribution in [2.24, 2.45) is 4.99 Å². The number of fused-ring (bicyclic) bond motifs is 3. The summed E-state index contributed by atoms with van der Waals surface area (Å²) in [5, 5.41) is 0. The number of imidazole rings is 1. The summed E-state index contributed by atoms with van der Waals surface area (Å²) < 4.78 is 4.07. The van der Waals surface area contributed by atoms with Crippen LogP contribution in [0.15, 0.2) is 29.3 Å². The first-order valence-corrected chi connectivity index (χ1v) is 8.62. The Kier molecular flexibility index (Phi) is 3.50. The number of benzene rings is 1. The van der Waals surface area contributed by atoms with E-state index in [-0.39, 0.29) is 11.9 Å². The van der Waals surface area contributed by atoms with E-state index in [4.69, 9.17) is 4.99 Å². The van der Waals surface area contributed by atoms with Crippen LogP contribution in [0.2, 0.25) is 0 Å². The second kappa shape index (κ2) is 5.52. The molecule has 4 rings (SSSR count). The van der Waals surface area contributed by atoms with Crippen LogP contribution in [0.1, 0.15) is 28.6 Å². The molecule has 2 aliphatic heterocycles. The molecule has 0 saturated carbocycles. The second-order valence-corrected chi connectivity index (χ2v) is 6.96. The number of hydrogen-bond acceptors (Lipinski definition) is 3. The van der Waals surface area contributed by atoms with Gasteiger partial charge in [-0.25, -0.2) is 13.9 Å². The smallest absolute Gasteiger partial charge is 0.270 e. The van der Waals surface area contributed by atoms with Crippen molar-refractivity contribution in [2.75, 3.05) is 14.1 Å². The van der Waals surface area contributed by atoms with Crippen LogP contribution in [0.4, 0.5) is 10.7 Å². The number of aryl methyl sites for hydroxylation is 1. The maximum absolute atomic E-state index is 12.8. The summed E-state index contributed by atoms with van der Waals surface area (Å²) >= 11 is 0. The highest BCUT2D eigenvalue weighted by molar-refractivity contribution is 6.20. The average molecular weight is 352 g/mol. The van der Waals surface area contributed by atoms with E-state index in [1.807, 2.05) is 30.5 Å². The van der Waals surface area contributed by atoms with Gasteiger partial charge in [0, 0.05) is 14.1 Å². The van der Waals surface area contributed by atoms with Gasteiger partial charge in [0.05, 0.1) is 6.54 Å². The number of carbonyl (C=O) groups is 2. The summed E-state index contributed by atoms with van der Waals surface area (Å²) in [6.45, 7) is 6.80.